The second kappa shape index (κ2) is 9.41. The first-order valence-electron chi connectivity index (χ1n) is 8.85. The van der Waals surface area contributed by atoms with Crippen molar-refractivity contribution >= 4 is 23.6 Å². The third-order valence-electron chi connectivity index (χ3n) is 4.47. The smallest absolute Gasteiger partial charge is 0.253 e. The summed E-state index contributed by atoms with van der Waals surface area (Å²) < 4.78 is 5.12. The number of thioether (sulfide) groups is 1. The fourth-order valence-corrected chi connectivity index (χ4v) is 3.77. The number of amides is 2. The molecule has 0 spiro atoms. The molecule has 0 aliphatic carbocycles. The van der Waals surface area contributed by atoms with Crippen molar-refractivity contribution in [2.24, 2.45) is 0 Å². The van der Waals surface area contributed by atoms with Crippen LogP contribution in [0, 0.1) is 0 Å². The lowest BCUT2D eigenvalue weighted by molar-refractivity contribution is -0.129. The molecule has 0 radical (unpaired) electrons. The molecule has 1 aromatic heterocycles. The van der Waals surface area contributed by atoms with Gasteiger partial charge in [0, 0.05) is 49.9 Å². The Kier molecular flexibility index (Phi) is 6.70. The van der Waals surface area contributed by atoms with Crippen molar-refractivity contribution in [3.8, 4) is 5.75 Å². The van der Waals surface area contributed by atoms with Crippen molar-refractivity contribution in [1.29, 1.82) is 0 Å². The predicted octanol–water partition coefficient (Wildman–Crippen LogP) is 2.31. The van der Waals surface area contributed by atoms with Gasteiger partial charge in [-0.1, -0.05) is 6.07 Å². The first-order chi connectivity index (χ1) is 13.2. The summed E-state index contributed by atoms with van der Waals surface area (Å²) in [4.78, 5) is 32.7. The predicted molar refractivity (Wildman–Crippen MR) is 106 cm³/mol. The largest absolute Gasteiger partial charge is 0.497 e. The van der Waals surface area contributed by atoms with Crippen molar-refractivity contribution in [3.63, 3.8) is 0 Å². The topological polar surface area (TPSA) is 62.7 Å². The fraction of sp³-hybridized carbons (Fsp3) is 0.350. The number of ether oxygens (including phenoxy) is 1. The Balaban J connectivity index is 1.43. The van der Waals surface area contributed by atoms with Crippen molar-refractivity contribution in [3.05, 3.63) is 59.9 Å². The van der Waals surface area contributed by atoms with E-state index in [1.165, 1.54) is 0 Å². The van der Waals surface area contributed by atoms with Crippen LogP contribution in [0.3, 0.4) is 0 Å². The summed E-state index contributed by atoms with van der Waals surface area (Å²) in [6.45, 7) is 2.27. The van der Waals surface area contributed by atoms with Gasteiger partial charge >= 0.3 is 0 Å². The summed E-state index contributed by atoms with van der Waals surface area (Å²) in [5, 5.41) is 0. The average Bonchev–Trinajstić information content (AvgIpc) is 2.74. The number of methoxy groups -OCH3 is 1. The number of carbonyl (C=O) groups excluding carboxylic acids is 2. The molecule has 6 nitrogen and oxygen atoms in total. The quantitative estimate of drug-likeness (QED) is 0.764. The van der Waals surface area contributed by atoms with Gasteiger partial charge in [-0.3, -0.25) is 14.6 Å². The Morgan fingerprint density at radius 1 is 1.07 bits per heavy atom. The van der Waals surface area contributed by atoms with E-state index < -0.39 is 0 Å². The zero-order valence-electron chi connectivity index (χ0n) is 15.3. The van der Waals surface area contributed by atoms with Gasteiger partial charge in [-0.25, -0.2) is 0 Å². The molecule has 2 heterocycles. The maximum atomic E-state index is 12.6. The van der Waals surface area contributed by atoms with Gasteiger partial charge in [0.2, 0.25) is 5.91 Å². The van der Waals surface area contributed by atoms with Crippen LogP contribution in [0.15, 0.2) is 48.8 Å². The molecule has 0 N–H and O–H groups in total. The molecule has 27 heavy (non-hydrogen) atoms. The molecular formula is C20H23N3O3S. The zero-order valence-corrected chi connectivity index (χ0v) is 16.2. The first-order valence-corrected chi connectivity index (χ1v) is 10.0. The van der Waals surface area contributed by atoms with Gasteiger partial charge in [0.05, 0.1) is 12.9 Å². The number of pyridine rings is 1. The highest BCUT2D eigenvalue weighted by atomic mass is 32.2. The SMILES string of the molecule is COc1ccc(C(=O)N2CCN(C(=O)CSCc3cccnc3)CC2)cc1. The molecule has 0 unspecified atom stereocenters. The number of piperazine rings is 1. The molecule has 7 heteroatoms. The van der Waals surface area contributed by atoms with E-state index >= 15 is 0 Å². The maximum Gasteiger partial charge on any atom is 0.253 e. The number of carbonyl (C=O) groups is 2. The van der Waals surface area contributed by atoms with E-state index in [4.69, 9.17) is 4.74 Å². The minimum absolute atomic E-state index is 0.00398. The summed E-state index contributed by atoms with van der Waals surface area (Å²) in [6.07, 6.45) is 3.56. The molecule has 142 valence electrons. The Labute approximate surface area is 163 Å². The maximum absolute atomic E-state index is 12.6. The summed E-state index contributed by atoms with van der Waals surface area (Å²) >= 11 is 1.59. The van der Waals surface area contributed by atoms with Crippen molar-refractivity contribution in [2.75, 3.05) is 39.0 Å². The standard InChI is InChI=1S/C20H23N3O3S/c1-26-18-6-4-17(5-7-18)20(25)23-11-9-22(10-12-23)19(24)15-27-14-16-3-2-8-21-13-16/h2-8,13H,9-12,14-15H2,1H3. The van der Waals surface area contributed by atoms with Crippen LogP contribution in [-0.2, 0) is 10.5 Å². The average molecular weight is 385 g/mol. The molecule has 1 aliphatic rings. The van der Waals surface area contributed by atoms with Gasteiger partial charge in [-0.15, -0.1) is 11.8 Å². The van der Waals surface area contributed by atoms with Gasteiger partial charge in [0.15, 0.2) is 0 Å². The molecule has 1 fully saturated rings. The van der Waals surface area contributed by atoms with Gasteiger partial charge in [0.25, 0.3) is 5.91 Å². The first kappa shape index (κ1) is 19.2. The van der Waals surface area contributed by atoms with Crippen LogP contribution in [0.1, 0.15) is 15.9 Å². The van der Waals surface area contributed by atoms with Crippen LogP contribution >= 0.6 is 11.8 Å². The minimum Gasteiger partial charge on any atom is -0.497 e. The molecule has 1 aromatic carbocycles. The van der Waals surface area contributed by atoms with Gasteiger partial charge in [0.1, 0.15) is 5.75 Å². The number of hydrogen-bond donors (Lipinski definition) is 0. The minimum atomic E-state index is -0.00398. The molecule has 0 atom stereocenters. The van der Waals surface area contributed by atoms with Crippen LogP contribution in [0.25, 0.3) is 0 Å². The van der Waals surface area contributed by atoms with E-state index in [9.17, 15) is 9.59 Å². The van der Waals surface area contributed by atoms with Crippen LogP contribution in [0.2, 0.25) is 0 Å². The Morgan fingerprint density at radius 2 is 1.78 bits per heavy atom. The number of nitrogens with zero attached hydrogens (tertiary/aromatic N) is 3. The molecule has 0 bridgehead atoms. The van der Waals surface area contributed by atoms with Crippen molar-refractivity contribution in [1.82, 2.24) is 14.8 Å². The Morgan fingerprint density at radius 3 is 2.41 bits per heavy atom. The zero-order chi connectivity index (χ0) is 19.1. The number of hydrogen-bond acceptors (Lipinski definition) is 5. The van der Waals surface area contributed by atoms with Crippen molar-refractivity contribution in [2.45, 2.75) is 5.75 Å². The van der Waals surface area contributed by atoms with E-state index in [-0.39, 0.29) is 11.8 Å². The number of rotatable bonds is 6. The van der Waals surface area contributed by atoms with Gasteiger partial charge in [-0.2, -0.15) is 0 Å². The Bertz CT molecular complexity index is 760. The highest BCUT2D eigenvalue weighted by Gasteiger charge is 2.24. The van der Waals surface area contributed by atoms with E-state index in [1.54, 1.807) is 54.2 Å². The third kappa shape index (κ3) is 5.23. The van der Waals surface area contributed by atoms with E-state index in [2.05, 4.69) is 4.98 Å². The molecule has 1 aliphatic heterocycles. The fourth-order valence-electron chi connectivity index (χ4n) is 2.91. The highest BCUT2D eigenvalue weighted by Crippen LogP contribution is 2.16. The third-order valence-corrected chi connectivity index (χ3v) is 5.46. The van der Waals surface area contributed by atoms with Gasteiger partial charge in [-0.05, 0) is 35.9 Å². The van der Waals surface area contributed by atoms with E-state index in [0.717, 1.165) is 17.1 Å². The van der Waals surface area contributed by atoms with Gasteiger partial charge < -0.3 is 14.5 Å². The molecule has 3 rings (SSSR count). The van der Waals surface area contributed by atoms with E-state index in [1.807, 2.05) is 23.2 Å². The molecule has 1 saturated heterocycles. The summed E-state index contributed by atoms with van der Waals surface area (Å²) in [6, 6.07) is 11.0. The lowest BCUT2D eigenvalue weighted by atomic mass is 10.1. The summed E-state index contributed by atoms with van der Waals surface area (Å²) in [7, 11) is 1.60. The van der Waals surface area contributed by atoms with Crippen LogP contribution in [0.5, 0.6) is 5.75 Å². The van der Waals surface area contributed by atoms with Crippen LogP contribution in [-0.4, -0.2) is 65.6 Å². The lowest BCUT2D eigenvalue weighted by Gasteiger charge is -2.34. The highest BCUT2D eigenvalue weighted by molar-refractivity contribution is 7.99. The van der Waals surface area contributed by atoms with Crippen molar-refractivity contribution < 1.29 is 14.3 Å². The summed E-state index contributed by atoms with van der Waals surface area (Å²) in [5.41, 5.74) is 1.76. The molecule has 2 aromatic rings. The monoisotopic (exact) mass is 385 g/mol. The van der Waals surface area contributed by atoms with E-state index in [0.29, 0.717) is 37.5 Å². The lowest BCUT2D eigenvalue weighted by Crippen LogP contribution is -2.51. The molecule has 0 saturated carbocycles. The molecule has 2 amide bonds. The van der Waals surface area contributed by atoms with Crippen LogP contribution in [0.4, 0.5) is 0 Å². The Hall–Kier alpha value is -2.54. The van der Waals surface area contributed by atoms with Crippen LogP contribution < -0.4 is 4.74 Å². The normalized spacial score (nSPS) is 14.1. The number of benzene rings is 1. The second-order valence-electron chi connectivity index (χ2n) is 6.26. The second-order valence-corrected chi connectivity index (χ2v) is 7.24. The number of aromatic nitrogens is 1. The molecular weight excluding hydrogens is 362 g/mol. The summed E-state index contributed by atoms with van der Waals surface area (Å²) in [5.74, 6) is 2.07.